The largest absolute Gasteiger partial charge is 0.495 e. The molecule has 0 aliphatic heterocycles. The molecule has 0 saturated carbocycles. The van der Waals surface area contributed by atoms with Gasteiger partial charge in [0.2, 0.25) is 0 Å². The second-order valence-electron chi connectivity index (χ2n) is 6.41. The molecule has 0 saturated heterocycles. The summed E-state index contributed by atoms with van der Waals surface area (Å²) < 4.78 is 25.3. The van der Waals surface area contributed by atoms with Crippen molar-refractivity contribution in [3.05, 3.63) is 47.8 Å². The molecular weight excluding hydrogens is 417 g/mol. The summed E-state index contributed by atoms with van der Waals surface area (Å²) >= 11 is 1.34. The maximum Gasteiger partial charge on any atom is 0.260 e. The number of rotatable bonds is 7. The molecule has 0 aliphatic rings. The number of hydrogen-bond donors (Lipinski definition) is 0. The summed E-state index contributed by atoms with van der Waals surface area (Å²) in [7, 11) is 7.01. The van der Waals surface area contributed by atoms with Crippen molar-refractivity contribution < 1.29 is 18.7 Å². The highest BCUT2D eigenvalue weighted by molar-refractivity contribution is 7.22. The molecule has 0 aliphatic carbocycles. The Kier molecular flexibility index (Phi) is 7.78. The standard InChI is InChI=1S/C20H22FN3O3S.ClH/c1-23(2)10-11-24(19(25)13-6-5-7-14(21)12-13)20-22-17-15(26-3)8-9-16(27-4)18(17)28-20;/h5-9,12H,10-11H2,1-4H3;1H. The van der Waals surface area contributed by atoms with E-state index < -0.39 is 5.82 Å². The van der Waals surface area contributed by atoms with E-state index in [1.54, 1.807) is 31.3 Å². The summed E-state index contributed by atoms with van der Waals surface area (Å²) in [5.41, 5.74) is 0.903. The van der Waals surface area contributed by atoms with Crippen molar-refractivity contribution in [1.29, 1.82) is 0 Å². The Morgan fingerprint density at radius 1 is 1.10 bits per heavy atom. The third-order valence-electron chi connectivity index (χ3n) is 4.22. The zero-order valence-corrected chi connectivity index (χ0v) is 18.3. The van der Waals surface area contributed by atoms with Crippen LogP contribution in [0.4, 0.5) is 9.52 Å². The number of methoxy groups -OCH3 is 2. The van der Waals surface area contributed by atoms with Gasteiger partial charge >= 0.3 is 0 Å². The summed E-state index contributed by atoms with van der Waals surface area (Å²) in [4.78, 5) is 21.3. The van der Waals surface area contributed by atoms with Gasteiger partial charge in [0.25, 0.3) is 5.91 Å². The predicted molar refractivity (Wildman–Crippen MR) is 117 cm³/mol. The smallest absolute Gasteiger partial charge is 0.260 e. The van der Waals surface area contributed by atoms with Gasteiger partial charge < -0.3 is 14.4 Å². The van der Waals surface area contributed by atoms with Gasteiger partial charge in [-0.25, -0.2) is 9.37 Å². The number of fused-ring (bicyclic) bond motifs is 1. The van der Waals surface area contributed by atoms with Crippen LogP contribution in [0.5, 0.6) is 11.5 Å². The van der Waals surface area contributed by atoms with Gasteiger partial charge in [0.05, 0.1) is 14.2 Å². The maximum atomic E-state index is 13.6. The molecule has 0 bridgehead atoms. The third kappa shape index (κ3) is 4.95. The molecule has 3 rings (SSSR count). The molecule has 2 aromatic carbocycles. The van der Waals surface area contributed by atoms with Crippen molar-refractivity contribution in [2.45, 2.75) is 0 Å². The van der Waals surface area contributed by atoms with E-state index in [2.05, 4.69) is 4.98 Å². The van der Waals surface area contributed by atoms with Gasteiger partial charge in [0, 0.05) is 18.7 Å². The first kappa shape index (κ1) is 22.9. The Morgan fingerprint density at radius 3 is 2.41 bits per heavy atom. The van der Waals surface area contributed by atoms with Crippen LogP contribution < -0.4 is 14.4 Å². The molecule has 0 spiro atoms. The zero-order valence-electron chi connectivity index (χ0n) is 16.6. The first-order valence-corrected chi connectivity index (χ1v) is 9.50. The second-order valence-corrected chi connectivity index (χ2v) is 7.39. The lowest BCUT2D eigenvalue weighted by Gasteiger charge is -2.22. The first-order chi connectivity index (χ1) is 13.4. The van der Waals surface area contributed by atoms with E-state index >= 15 is 0 Å². The molecule has 0 N–H and O–H groups in total. The highest BCUT2D eigenvalue weighted by Gasteiger charge is 2.24. The number of aromatic nitrogens is 1. The Bertz CT molecular complexity index is 955. The fourth-order valence-corrected chi connectivity index (χ4v) is 3.85. The minimum atomic E-state index is -0.453. The fraction of sp³-hybridized carbons (Fsp3) is 0.300. The minimum absolute atomic E-state index is 0. The number of anilines is 1. The van der Waals surface area contributed by atoms with Crippen LogP contribution in [0.15, 0.2) is 36.4 Å². The number of halogens is 2. The van der Waals surface area contributed by atoms with Crippen molar-refractivity contribution in [1.82, 2.24) is 9.88 Å². The van der Waals surface area contributed by atoms with Crippen molar-refractivity contribution in [3.8, 4) is 11.5 Å². The summed E-state index contributed by atoms with van der Waals surface area (Å²) in [6.45, 7) is 1.04. The number of carbonyl (C=O) groups is 1. The van der Waals surface area contributed by atoms with Crippen LogP contribution in [-0.2, 0) is 0 Å². The molecule has 1 amide bonds. The number of hydrogen-bond acceptors (Lipinski definition) is 6. The van der Waals surface area contributed by atoms with Crippen LogP contribution >= 0.6 is 23.7 Å². The number of thiazole rings is 1. The van der Waals surface area contributed by atoms with Crippen molar-refractivity contribution in [2.24, 2.45) is 0 Å². The predicted octanol–water partition coefficient (Wildman–Crippen LogP) is 4.08. The van der Waals surface area contributed by atoms with E-state index in [0.29, 0.717) is 35.2 Å². The molecule has 0 radical (unpaired) electrons. The third-order valence-corrected chi connectivity index (χ3v) is 5.31. The molecule has 0 fully saturated rings. The number of nitrogens with zero attached hydrogens (tertiary/aromatic N) is 3. The summed E-state index contributed by atoms with van der Waals surface area (Å²) in [6.07, 6.45) is 0. The summed E-state index contributed by atoms with van der Waals surface area (Å²) in [5.74, 6) is 0.499. The van der Waals surface area contributed by atoms with Crippen molar-refractivity contribution in [3.63, 3.8) is 0 Å². The van der Waals surface area contributed by atoms with Gasteiger partial charge in [-0.05, 0) is 44.4 Å². The highest BCUT2D eigenvalue weighted by atomic mass is 35.5. The van der Waals surface area contributed by atoms with Gasteiger partial charge in [-0.3, -0.25) is 9.69 Å². The number of benzene rings is 2. The van der Waals surface area contributed by atoms with E-state index in [1.807, 2.05) is 25.1 Å². The Labute approximate surface area is 179 Å². The van der Waals surface area contributed by atoms with Crippen LogP contribution in [0.2, 0.25) is 0 Å². The van der Waals surface area contributed by atoms with Gasteiger partial charge in [-0.1, -0.05) is 17.4 Å². The zero-order chi connectivity index (χ0) is 20.3. The van der Waals surface area contributed by atoms with E-state index in [1.165, 1.54) is 29.5 Å². The topological polar surface area (TPSA) is 54.9 Å². The quantitative estimate of drug-likeness (QED) is 0.555. The number of likely N-dealkylation sites (N-methyl/N-ethyl adjacent to an activating group) is 1. The van der Waals surface area contributed by atoms with E-state index in [-0.39, 0.29) is 23.9 Å². The van der Waals surface area contributed by atoms with Crippen molar-refractivity contribution in [2.75, 3.05) is 46.3 Å². The first-order valence-electron chi connectivity index (χ1n) is 8.68. The van der Waals surface area contributed by atoms with Gasteiger partial charge in [0.1, 0.15) is 27.5 Å². The lowest BCUT2D eigenvalue weighted by molar-refractivity contribution is 0.0984. The number of amides is 1. The normalized spacial score (nSPS) is 10.7. The highest BCUT2D eigenvalue weighted by Crippen LogP contribution is 2.40. The van der Waals surface area contributed by atoms with Gasteiger partial charge in [-0.15, -0.1) is 12.4 Å². The van der Waals surface area contributed by atoms with Gasteiger partial charge in [0.15, 0.2) is 5.13 Å². The molecule has 0 atom stereocenters. The molecule has 156 valence electrons. The van der Waals surface area contributed by atoms with Crippen LogP contribution in [-0.4, -0.2) is 57.2 Å². The molecule has 9 heteroatoms. The monoisotopic (exact) mass is 439 g/mol. The molecular formula is C20H23ClFN3O3S. The lowest BCUT2D eigenvalue weighted by atomic mass is 10.2. The Morgan fingerprint density at radius 2 is 1.79 bits per heavy atom. The number of carbonyl (C=O) groups excluding carboxylic acids is 1. The second kappa shape index (κ2) is 9.87. The summed E-state index contributed by atoms with van der Waals surface area (Å²) in [6, 6.07) is 9.26. The van der Waals surface area contributed by atoms with Gasteiger partial charge in [-0.2, -0.15) is 0 Å². The maximum absolute atomic E-state index is 13.6. The molecule has 1 aromatic heterocycles. The molecule has 29 heavy (non-hydrogen) atoms. The average molecular weight is 440 g/mol. The molecule has 1 heterocycles. The van der Waals surface area contributed by atoms with E-state index in [0.717, 1.165) is 4.70 Å². The van der Waals surface area contributed by atoms with Crippen LogP contribution in [0.3, 0.4) is 0 Å². The SMILES string of the molecule is COc1ccc(OC)c2sc(N(CCN(C)C)C(=O)c3cccc(F)c3)nc12.Cl. The summed E-state index contributed by atoms with van der Waals surface area (Å²) in [5, 5.41) is 0.508. The van der Waals surface area contributed by atoms with Crippen LogP contribution in [0.25, 0.3) is 10.2 Å². The van der Waals surface area contributed by atoms with E-state index in [9.17, 15) is 9.18 Å². The lowest BCUT2D eigenvalue weighted by Crippen LogP contribution is -2.36. The molecule has 0 unspecified atom stereocenters. The minimum Gasteiger partial charge on any atom is -0.495 e. The van der Waals surface area contributed by atoms with Crippen LogP contribution in [0.1, 0.15) is 10.4 Å². The van der Waals surface area contributed by atoms with Crippen LogP contribution in [0, 0.1) is 5.82 Å². The average Bonchev–Trinajstić information content (AvgIpc) is 3.12. The molecule has 6 nitrogen and oxygen atoms in total. The Hall–Kier alpha value is -2.42. The van der Waals surface area contributed by atoms with Crippen molar-refractivity contribution >= 4 is 45.0 Å². The Balaban J connectivity index is 0.00000300. The van der Waals surface area contributed by atoms with E-state index in [4.69, 9.17) is 9.47 Å². The number of ether oxygens (including phenoxy) is 2. The fourth-order valence-electron chi connectivity index (χ4n) is 2.75. The molecule has 3 aromatic rings.